The number of Topliss-reactive ketones (excluding diaryl/α,β-unsaturated/α-hetero) is 1. The van der Waals surface area contributed by atoms with E-state index >= 15 is 0 Å². The third-order valence-corrected chi connectivity index (χ3v) is 2.39. The molecule has 0 bridgehead atoms. The van der Waals surface area contributed by atoms with Gasteiger partial charge in [0, 0.05) is 0 Å². The lowest BCUT2D eigenvalue weighted by Crippen LogP contribution is -2.43. The highest BCUT2D eigenvalue weighted by Gasteiger charge is 2.49. The van der Waals surface area contributed by atoms with Crippen molar-refractivity contribution in [2.45, 2.75) is 38.8 Å². The van der Waals surface area contributed by atoms with Gasteiger partial charge in [0.15, 0.2) is 5.78 Å². The molecule has 0 spiro atoms. The predicted molar refractivity (Wildman–Crippen MR) is 51.8 cm³/mol. The summed E-state index contributed by atoms with van der Waals surface area (Å²) in [5.74, 6) is 0.358. The monoisotopic (exact) mass is 199 g/mol. The van der Waals surface area contributed by atoms with Crippen LogP contribution in [0.3, 0.4) is 0 Å². The van der Waals surface area contributed by atoms with E-state index in [0.717, 1.165) is 0 Å². The van der Waals surface area contributed by atoms with Crippen molar-refractivity contribution in [3.05, 3.63) is 0 Å². The number of carbonyl (C=O) groups excluding carboxylic acids is 2. The van der Waals surface area contributed by atoms with Crippen LogP contribution in [-0.2, 0) is 14.3 Å². The molecule has 1 heterocycles. The molecule has 4 heteroatoms. The molecule has 1 amide bonds. The molecule has 1 aliphatic rings. The number of hydrogen-bond donors (Lipinski definition) is 1. The molecule has 4 nitrogen and oxygen atoms in total. The molecule has 0 saturated carbocycles. The highest BCUT2D eigenvalue weighted by Crippen LogP contribution is 2.29. The minimum Gasteiger partial charge on any atom is -0.361 e. The summed E-state index contributed by atoms with van der Waals surface area (Å²) in [5, 5.41) is 2.55. The molecule has 0 unspecified atom stereocenters. The maximum absolute atomic E-state index is 11.8. The Kier molecular flexibility index (Phi) is 3.26. The number of carbonyl (C=O) groups is 2. The zero-order valence-corrected chi connectivity index (χ0v) is 8.87. The van der Waals surface area contributed by atoms with Crippen molar-refractivity contribution in [3.8, 4) is 0 Å². The van der Waals surface area contributed by atoms with Crippen LogP contribution in [0.1, 0.15) is 27.2 Å². The van der Waals surface area contributed by atoms with Gasteiger partial charge in [0.2, 0.25) is 6.41 Å². The highest BCUT2D eigenvalue weighted by atomic mass is 16.6. The molecule has 1 aliphatic heterocycles. The van der Waals surface area contributed by atoms with Crippen LogP contribution in [0, 0.1) is 5.92 Å². The molecule has 14 heavy (non-hydrogen) atoms. The van der Waals surface area contributed by atoms with Gasteiger partial charge in [-0.2, -0.15) is 0 Å². The lowest BCUT2D eigenvalue weighted by Gasteiger charge is -2.18. The number of rotatable bonds is 6. The quantitative estimate of drug-likeness (QED) is 0.500. The number of ether oxygens (including phenoxy) is 1. The first-order chi connectivity index (χ1) is 6.49. The summed E-state index contributed by atoms with van der Waals surface area (Å²) < 4.78 is 5.06. The fourth-order valence-electron chi connectivity index (χ4n) is 1.42. The van der Waals surface area contributed by atoms with Crippen LogP contribution >= 0.6 is 0 Å². The predicted octanol–water partition coefficient (Wildman–Crippen LogP) is 0.505. The molecule has 0 aromatic rings. The van der Waals surface area contributed by atoms with Gasteiger partial charge >= 0.3 is 0 Å². The standard InChI is InChI=1S/C10H17NO3/c1-7(2)4-8(11-6-12)9(13)10(3)5-14-10/h6-8H,4-5H2,1-3H3,(H,11,12)/t8-,10+/m0/s1. The molecular formula is C10H17NO3. The zero-order chi connectivity index (χ0) is 10.8. The van der Waals surface area contributed by atoms with Gasteiger partial charge in [0.05, 0.1) is 12.6 Å². The summed E-state index contributed by atoms with van der Waals surface area (Å²) in [7, 11) is 0. The molecule has 1 rings (SSSR count). The second-order valence-corrected chi connectivity index (χ2v) is 4.35. The molecule has 1 saturated heterocycles. The Balaban J connectivity index is 2.57. The summed E-state index contributed by atoms with van der Waals surface area (Å²) >= 11 is 0. The van der Waals surface area contributed by atoms with Crippen LogP contribution in [0.15, 0.2) is 0 Å². The summed E-state index contributed by atoms with van der Waals surface area (Å²) in [6.45, 7) is 6.27. The maximum Gasteiger partial charge on any atom is 0.207 e. The van der Waals surface area contributed by atoms with Crippen LogP contribution in [0.25, 0.3) is 0 Å². The van der Waals surface area contributed by atoms with Gasteiger partial charge in [-0.15, -0.1) is 0 Å². The summed E-state index contributed by atoms with van der Waals surface area (Å²) in [5.41, 5.74) is -0.643. The second-order valence-electron chi connectivity index (χ2n) is 4.35. The molecule has 0 radical (unpaired) electrons. The average molecular weight is 199 g/mol. The second kappa shape index (κ2) is 4.09. The molecule has 1 N–H and O–H groups in total. The Labute approximate surface area is 84.0 Å². The van der Waals surface area contributed by atoms with Crippen molar-refractivity contribution in [3.63, 3.8) is 0 Å². The van der Waals surface area contributed by atoms with Crippen LogP contribution in [0.5, 0.6) is 0 Å². The van der Waals surface area contributed by atoms with E-state index in [0.29, 0.717) is 25.4 Å². The van der Waals surface area contributed by atoms with Crippen molar-refractivity contribution < 1.29 is 14.3 Å². The van der Waals surface area contributed by atoms with Crippen LogP contribution in [0.2, 0.25) is 0 Å². The van der Waals surface area contributed by atoms with Crippen molar-refractivity contribution in [1.82, 2.24) is 5.32 Å². The van der Waals surface area contributed by atoms with E-state index in [1.807, 2.05) is 13.8 Å². The van der Waals surface area contributed by atoms with Gasteiger partial charge in [-0.05, 0) is 19.3 Å². The van der Waals surface area contributed by atoms with Gasteiger partial charge in [0.25, 0.3) is 0 Å². The van der Waals surface area contributed by atoms with Gasteiger partial charge < -0.3 is 10.1 Å². The van der Waals surface area contributed by atoms with E-state index in [1.54, 1.807) is 6.92 Å². The fourth-order valence-corrected chi connectivity index (χ4v) is 1.42. The number of nitrogens with one attached hydrogen (secondary N) is 1. The maximum atomic E-state index is 11.8. The summed E-state index contributed by atoms with van der Waals surface area (Å²) in [6.07, 6.45) is 1.24. The molecule has 0 aromatic heterocycles. The van der Waals surface area contributed by atoms with Crippen molar-refractivity contribution >= 4 is 12.2 Å². The van der Waals surface area contributed by atoms with E-state index < -0.39 is 11.6 Å². The smallest absolute Gasteiger partial charge is 0.207 e. The first-order valence-electron chi connectivity index (χ1n) is 4.87. The van der Waals surface area contributed by atoms with E-state index in [9.17, 15) is 9.59 Å². The number of epoxide rings is 1. The number of amides is 1. The van der Waals surface area contributed by atoms with Gasteiger partial charge in [0.1, 0.15) is 5.60 Å². The Bertz CT molecular complexity index is 234. The highest BCUT2D eigenvalue weighted by molar-refractivity contribution is 5.94. The minimum atomic E-state index is -0.643. The normalized spacial score (nSPS) is 27.1. The number of ketones is 1. The van der Waals surface area contributed by atoms with Crippen LogP contribution < -0.4 is 5.32 Å². The fraction of sp³-hybridized carbons (Fsp3) is 0.800. The average Bonchev–Trinajstić information content (AvgIpc) is 2.82. The first-order valence-corrected chi connectivity index (χ1v) is 4.87. The third kappa shape index (κ3) is 2.54. The largest absolute Gasteiger partial charge is 0.361 e. The van der Waals surface area contributed by atoms with Crippen LogP contribution in [-0.4, -0.2) is 30.4 Å². The molecule has 2 atom stereocenters. The lowest BCUT2D eigenvalue weighted by molar-refractivity contribution is -0.127. The van der Waals surface area contributed by atoms with Gasteiger partial charge in [-0.3, -0.25) is 9.59 Å². The van der Waals surface area contributed by atoms with Crippen LogP contribution in [0.4, 0.5) is 0 Å². The van der Waals surface area contributed by atoms with E-state index in [4.69, 9.17) is 4.74 Å². The van der Waals surface area contributed by atoms with E-state index in [-0.39, 0.29) is 5.78 Å². The van der Waals surface area contributed by atoms with Gasteiger partial charge in [-0.25, -0.2) is 0 Å². The number of hydrogen-bond acceptors (Lipinski definition) is 3. The van der Waals surface area contributed by atoms with E-state index in [2.05, 4.69) is 5.32 Å². The third-order valence-electron chi connectivity index (χ3n) is 2.39. The van der Waals surface area contributed by atoms with Crippen molar-refractivity contribution in [1.29, 1.82) is 0 Å². The zero-order valence-electron chi connectivity index (χ0n) is 8.87. The van der Waals surface area contributed by atoms with Crippen molar-refractivity contribution in [2.24, 2.45) is 5.92 Å². The van der Waals surface area contributed by atoms with Crippen molar-refractivity contribution in [2.75, 3.05) is 6.61 Å². The molecule has 80 valence electrons. The Morgan fingerprint density at radius 2 is 2.21 bits per heavy atom. The van der Waals surface area contributed by atoms with E-state index in [1.165, 1.54) is 0 Å². The summed E-state index contributed by atoms with van der Waals surface area (Å²) in [4.78, 5) is 22.2. The SMILES string of the molecule is CC(C)C[C@H](NC=O)C(=O)[C@@]1(C)CO1. The Hall–Kier alpha value is -0.900. The molecule has 1 fully saturated rings. The lowest BCUT2D eigenvalue weighted by atomic mass is 9.94. The Morgan fingerprint density at radius 3 is 2.57 bits per heavy atom. The minimum absolute atomic E-state index is 0.0155. The molecule has 0 aromatic carbocycles. The molecular weight excluding hydrogens is 182 g/mol. The Morgan fingerprint density at radius 1 is 1.64 bits per heavy atom. The van der Waals surface area contributed by atoms with Gasteiger partial charge in [-0.1, -0.05) is 13.8 Å². The molecule has 0 aliphatic carbocycles. The topological polar surface area (TPSA) is 58.7 Å². The summed E-state index contributed by atoms with van der Waals surface area (Å²) in [6, 6.07) is -0.403. The first kappa shape index (κ1) is 11.2.